The van der Waals surface area contributed by atoms with Crippen molar-refractivity contribution in [3.05, 3.63) is 143 Å². The summed E-state index contributed by atoms with van der Waals surface area (Å²) in [6, 6.07) is 37.1. The van der Waals surface area contributed by atoms with Gasteiger partial charge in [0.15, 0.2) is 0 Å². The first-order valence-electron chi connectivity index (χ1n) is 11.8. The normalized spacial score (nSPS) is 12.0. The van der Waals surface area contributed by atoms with Gasteiger partial charge in [0, 0.05) is 12.8 Å². The molecule has 4 nitrogen and oxygen atoms in total. The summed E-state index contributed by atoms with van der Waals surface area (Å²) in [5, 5.41) is 2.94. The highest BCUT2D eigenvalue weighted by molar-refractivity contribution is 5.88. The number of benzene rings is 4. The van der Waals surface area contributed by atoms with E-state index in [4.69, 9.17) is 5.73 Å². The van der Waals surface area contributed by atoms with Gasteiger partial charge in [-0.1, -0.05) is 115 Å². The lowest BCUT2D eigenvalue weighted by molar-refractivity contribution is -0.127. The van der Waals surface area contributed by atoms with Crippen LogP contribution in [0.5, 0.6) is 0 Å². The van der Waals surface area contributed by atoms with Gasteiger partial charge in [-0.15, -0.1) is 0 Å². The second kappa shape index (κ2) is 10.8. The number of nitrogens with one attached hydrogen (secondary N) is 1. The Morgan fingerprint density at radius 3 is 1.57 bits per heavy atom. The predicted octanol–water partition coefficient (Wildman–Crippen LogP) is 4.93. The molecule has 2 amide bonds. The van der Waals surface area contributed by atoms with Gasteiger partial charge in [-0.05, 0) is 34.7 Å². The molecule has 0 spiro atoms. The van der Waals surface area contributed by atoms with E-state index < -0.39 is 17.4 Å². The fourth-order valence-electron chi connectivity index (χ4n) is 4.74. The molecule has 0 aromatic heterocycles. The van der Waals surface area contributed by atoms with Crippen LogP contribution in [0.2, 0.25) is 0 Å². The molecule has 0 bridgehead atoms. The third kappa shape index (κ3) is 5.33. The lowest BCUT2D eigenvalue weighted by atomic mass is 9.67. The van der Waals surface area contributed by atoms with E-state index in [2.05, 4.69) is 5.32 Å². The number of amides is 2. The molecule has 0 saturated carbocycles. The predicted molar refractivity (Wildman–Crippen MR) is 140 cm³/mol. The van der Waals surface area contributed by atoms with Crippen LogP contribution in [0, 0.1) is 6.92 Å². The number of nitrogens with two attached hydrogens (primary N) is 1. The number of aryl methyl sites for hydroxylation is 1. The summed E-state index contributed by atoms with van der Waals surface area (Å²) in [5.41, 5.74) is 10.0. The molecule has 4 aromatic rings. The van der Waals surface area contributed by atoms with Crippen molar-refractivity contribution in [2.75, 3.05) is 0 Å². The maximum Gasteiger partial charge on any atom is 0.240 e. The van der Waals surface area contributed by atoms with Gasteiger partial charge in [0.1, 0.15) is 6.04 Å². The van der Waals surface area contributed by atoms with Gasteiger partial charge in [-0.2, -0.15) is 0 Å². The Hall–Kier alpha value is -4.18. The molecule has 35 heavy (non-hydrogen) atoms. The maximum atomic E-state index is 13.6. The average Bonchev–Trinajstić information content (AvgIpc) is 2.89. The van der Waals surface area contributed by atoms with E-state index in [0.717, 1.165) is 27.8 Å². The molecule has 4 heteroatoms. The molecular formula is C31H30N2O2. The first kappa shape index (κ1) is 24.0. The van der Waals surface area contributed by atoms with E-state index in [1.807, 2.05) is 122 Å². The van der Waals surface area contributed by atoms with Crippen LogP contribution >= 0.6 is 0 Å². The minimum absolute atomic E-state index is 0.128. The quantitative estimate of drug-likeness (QED) is 0.346. The van der Waals surface area contributed by atoms with E-state index in [9.17, 15) is 9.59 Å². The van der Waals surface area contributed by atoms with Gasteiger partial charge < -0.3 is 11.1 Å². The molecule has 4 aromatic carbocycles. The molecule has 0 aliphatic rings. The zero-order chi connectivity index (χ0) is 24.7. The molecule has 0 unspecified atom stereocenters. The van der Waals surface area contributed by atoms with Gasteiger partial charge in [0.25, 0.3) is 0 Å². The van der Waals surface area contributed by atoms with Crippen LogP contribution in [0.15, 0.2) is 115 Å². The Bertz CT molecular complexity index is 1170. The van der Waals surface area contributed by atoms with E-state index >= 15 is 0 Å². The zero-order valence-corrected chi connectivity index (χ0v) is 19.9. The molecular weight excluding hydrogens is 432 g/mol. The maximum absolute atomic E-state index is 13.6. The molecule has 3 N–H and O–H groups in total. The topological polar surface area (TPSA) is 72.2 Å². The molecule has 0 aliphatic carbocycles. The monoisotopic (exact) mass is 462 g/mol. The lowest BCUT2D eigenvalue weighted by Gasteiger charge is -2.36. The van der Waals surface area contributed by atoms with Crippen molar-refractivity contribution in [2.24, 2.45) is 5.73 Å². The average molecular weight is 463 g/mol. The van der Waals surface area contributed by atoms with Crippen molar-refractivity contribution < 1.29 is 9.59 Å². The third-order valence-electron chi connectivity index (χ3n) is 6.59. The largest absolute Gasteiger partial charge is 0.368 e. The van der Waals surface area contributed by atoms with Gasteiger partial charge in [0.2, 0.25) is 11.8 Å². The number of carbonyl (C=O) groups excluding carboxylic acids is 2. The molecule has 4 rings (SSSR count). The first-order chi connectivity index (χ1) is 17.0. The minimum Gasteiger partial charge on any atom is -0.368 e. The Kier molecular flexibility index (Phi) is 7.41. The van der Waals surface area contributed by atoms with E-state index in [1.54, 1.807) is 0 Å². The van der Waals surface area contributed by atoms with Crippen molar-refractivity contribution in [2.45, 2.75) is 31.2 Å². The second-order valence-corrected chi connectivity index (χ2v) is 8.83. The molecule has 0 aliphatic heterocycles. The van der Waals surface area contributed by atoms with Crippen LogP contribution < -0.4 is 11.1 Å². The van der Waals surface area contributed by atoms with Crippen LogP contribution in [-0.4, -0.2) is 17.9 Å². The highest BCUT2D eigenvalue weighted by atomic mass is 16.2. The number of carbonyl (C=O) groups is 2. The molecule has 0 heterocycles. The number of hydrogen-bond acceptors (Lipinski definition) is 2. The Balaban J connectivity index is 1.74. The van der Waals surface area contributed by atoms with Crippen LogP contribution in [0.4, 0.5) is 0 Å². The summed E-state index contributed by atoms with van der Waals surface area (Å²) < 4.78 is 0. The van der Waals surface area contributed by atoms with E-state index in [0.29, 0.717) is 6.42 Å². The number of primary amides is 1. The zero-order valence-electron chi connectivity index (χ0n) is 19.9. The molecule has 0 fully saturated rings. The summed E-state index contributed by atoms with van der Waals surface area (Å²) >= 11 is 0. The highest BCUT2D eigenvalue weighted by Crippen LogP contribution is 2.42. The summed E-state index contributed by atoms with van der Waals surface area (Å²) in [4.78, 5) is 26.0. The summed E-state index contributed by atoms with van der Waals surface area (Å²) in [6.45, 7) is 1.99. The summed E-state index contributed by atoms with van der Waals surface area (Å²) in [6.07, 6.45) is 0.478. The fraction of sp³-hybridized carbons (Fsp3) is 0.161. The van der Waals surface area contributed by atoms with Gasteiger partial charge >= 0.3 is 0 Å². The number of hydrogen-bond donors (Lipinski definition) is 2. The second-order valence-electron chi connectivity index (χ2n) is 8.83. The van der Waals surface area contributed by atoms with Crippen molar-refractivity contribution >= 4 is 11.8 Å². The molecule has 0 radical (unpaired) electrons. The van der Waals surface area contributed by atoms with Gasteiger partial charge in [-0.3, -0.25) is 9.59 Å². The van der Waals surface area contributed by atoms with Crippen LogP contribution in [0.1, 0.15) is 34.2 Å². The van der Waals surface area contributed by atoms with Crippen LogP contribution in [0.25, 0.3) is 0 Å². The molecule has 176 valence electrons. The third-order valence-corrected chi connectivity index (χ3v) is 6.59. The van der Waals surface area contributed by atoms with E-state index in [-0.39, 0.29) is 12.3 Å². The van der Waals surface area contributed by atoms with Crippen molar-refractivity contribution in [1.29, 1.82) is 0 Å². The number of rotatable bonds is 9. The summed E-state index contributed by atoms with van der Waals surface area (Å²) in [7, 11) is 0. The standard InChI is InChI=1S/C31H30N2O2/c1-23-13-11-12-14-24(23)21-28(30(32)35)33-29(34)22-31(25-15-5-2-6-16-25,26-17-7-3-8-18-26)27-19-9-4-10-20-27/h2-20,28H,21-22H2,1H3,(H2,32,35)(H,33,34)/t28-/m0/s1. The first-order valence-corrected chi connectivity index (χ1v) is 11.8. The van der Waals surface area contributed by atoms with Crippen LogP contribution in [-0.2, 0) is 21.4 Å². The minimum atomic E-state index is -0.802. The van der Waals surface area contributed by atoms with Crippen molar-refractivity contribution in [1.82, 2.24) is 5.32 Å². The summed E-state index contributed by atoms with van der Waals surface area (Å²) in [5.74, 6) is -0.787. The molecule has 1 atom stereocenters. The highest BCUT2D eigenvalue weighted by Gasteiger charge is 2.39. The van der Waals surface area contributed by atoms with Crippen LogP contribution in [0.3, 0.4) is 0 Å². The van der Waals surface area contributed by atoms with E-state index in [1.165, 1.54) is 0 Å². The Morgan fingerprint density at radius 1 is 0.714 bits per heavy atom. The van der Waals surface area contributed by atoms with Crippen molar-refractivity contribution in [3.63, 3.8) is 0 Å². The molecule has 0 saturated heterocycles. The SMILES string of the molecule is Cc1ccccc1C[C@H](NC(=O)CC(c1ccccc1)(c1ccccc1)c1ccccc1)C(N)=O. The van der Waals surface area contributed by atoms with Gasteiger partial charge in [-0.25, -0.2) is 0 Å². The Morgan fingerprint density at radius 2 is 1.14 bits per heavy atom. The lowest BCUT2D eigenvalue weighted by Crippen LogP contribution is -2.48. The smallest absolute Gasteiger partial charge is 0.240 e. The Labute approximate surface area is 206 Å². The van der Waals surface area contributed by atoms with Crippen molar-refractivity contribution in [3.8, 4) is 0 Å². The van der Waals surface area contributed by atoms with Gasteiger partial charge in [0.05, 0.1) is 5.41 Å². The fourth-order valence-corrected chi connectivity index (χ4v) is 4.74.